The molecule has 0 N–H and O–H groups in total. The van der Waals surface area contributed by atoms with Crippen LogP contribution in [0.25, 0.3) is 0 Å². The molecule has 1 aliphatic heterocycles. The lowest BCUT2D eigenvalue weighted by Crippen LogP contribution is -2.24. The second-order valence-corrected chi connectivity index (χ2v) is 3.34. The van der Waals surface area contributed by atoms with Crippen molar-refractivity contribution in [3.8, 4) is 0 Å². The molecule has 5 heteroatoms. The molecule has 1 saturated heterocycles. The molecule has 80 valence electrons. The fraction of sp³-hybridized carbons (Fsp3) is 0.667. The Hall–Kier alpha value is -1.00. The molecule has 1 fully saturated rings. The molecule has 1 heterocycles. The Labute approximate surface area is 80.4 Å². The summed E-state index contributed by atoms with van der Waals surface area (Å²) >= 11 is 0. The van der Waals surface area contributed by atoms with E-state index in [1.165, 1.54) is 6.92 Å². The number of nitrogens with zero attached hydrogens (tertiary/aromatic N) is 1. The van der Waals surface area contributed by atoms with E-state index in [4.69, 9.17) is 0 Å². The molecule has 0 spiro atoms. The van der Waals surface area contributed by atoms with Gasteiger partial charge in [0, 0.05) is 24.9 Å². The molecule has 0 aromatic heterocycles. The van der Waals surface area contributed by atoms with Crippen LogP contribution in [-0.4, -0.2) is 29.9 Å². The van der Waals surface area contributed by atoms with Crippen molar-refractivity contribution in [3.63, 3.8) is 0 Å². The Morgan fingerprint density at radius 1 is 1.29 bits per heavy atom. The number of allylic oxidation sites excluding steroid dienone is 2. The van der Waals surface area contributed by atoms with Crippen molar-refractivity contribution in [1.82, 2.24) is 4.90 Å². The highest BCUT2D eigenvalue weighted by molar-refractivity contribution is 5.94. The smallest absolute Gasteiger partial charge is 0.375 e. The van der Waals surface area contributed by atoms with Gasteiger partial charge in [-0.2, -0.15) is 13.2 Å². The minimum absolute atomic E-state index is 0.407. The van der Waals surface area contributed by atoms with E-state index in [0.717, 1.165) is 25.9 Å². The van der Waals surface area contributed by atoms with Crippen LogP contribution in [0.1, 0.15) is 19.8 Å². The van der Waals surface area contributed by atoms with E-state index in [9.17, 15) is 18.0 Å². The Balaban J connectivity index is 2.63. The molecule has 14 heavy (non-hydrogen) atoms. The first-order valence-electron chi connectivity index (χ1n) is 4.45. The van der Waals surface area contributed by atoms with Crippen LogP contribution in [0, 0.1) is 0 Å². The number of hydrogen-bond donors (Lipinski definition) is 0. The van der Waals surface area contributed by atoms with E-state index in [2.05, 4.69) is 0 Å². The number of likely N-dealkylation sites (tertiary alicyclic amines) is 1. The van der Waals surface area contributed by atoms with Crippen LogP contribution in [0.3, 0.4) is 0 Å². The third-order valence-electron chi connectivity index (χ3n) is 2.22. The largest absolute Gasteiger partial charge is 0.454 e. The van der Waals surface area contributed by atoms with Crippen molar-refractivity contribution in [2.75, 3.05) is 13.1 Å². The molecular formula is C9H12F3NO. The van der Waals surface area contributed by atoms with Crippen molar-refractivity contribution < 1.29 is 18.0 Å². The van der Waals surface area contributed by atoms with Gasteiger partial charge in [0.15, 0.2) is 0 Å². The van der Waals surface area contributed by atoms with Crippen molar-refractivity contribution in [2.24, 2.45) is 0 Å². The third-order valence-corrected chi connectivity index (χ3v) is 2.22. The van der Waals surface area contributed by atoms with E-state index in [1.807, 2.05) is 0 Å². The van der Waals surface area contributed by atoms with Crippen LogP contribution in [0.2, 0.25) is 0 Å². The SMILES string of the molecule is C/C(=C\C(=O)C(F)(F)F)N1CCCC1. The van der Waals surface area contributed by atoms with E-state index in [-0.39, 0.29) is 0 Å². The number of halogens is 3. The maximum absolute atomic E-state index is 11.9. The van der Waals surface area contributed by atoms with E-state index in [0.29, 0.717) is 11.8 Å². The number of hydrogen-bond acceptors (Lipinski definition) is 2. The second kappa shape index (κ2) is 4.02. The van der Waals surface area contributed by atoms with Gasteiger partial charge in [0.05, 0.1) is 0 Å². The normalized spacial score (nSPS) is 18.9. The summed E-state index contributed by atoms with van der Waals surface area (Å²) in [5.41, 5.74) is 0.407. The summed E-state index contributed by atoms with van der Waals surface area (Å²) in [6.07, 6.45) is -2.12. The lowest BCUT2D eigenvalue weighted by Gasteiger charge is -2.17. The van der Waals surface area contributed by atoms with Crippen molar-refractivity contribution in [3.05, 3.63) is 11.8 Å². The van der Waals surface area contributed by atoms with Gasteiger partial charge in [-0.3, -0.25) is 4.79 Å². The summed E-state index contributed by atoms with van der Waals surface area (Å²) < 4.78 is 35.7. The third kappa shape index (κ3) is 2.75. The van der Waals surface area contributed by atoms with Crippen LogP contribution < -0.4 is 0 Å². The molecular weight excluding hydrogens is 195 g/mol. The molecule has 0 amide bonds. The predicted molar refractivity (Wildman–Crippen MR) is 45.6 cm³/mol. The Bertz CT molecular complexity index is 251. The van der Waals surface area contributed by atoms with Gasteiger partial charge in [0.2, 0.25) is 0 Å². The molecule has 0 radical (unpaired) electrons. The minimum Gasteiger partial charge on any atom is -0.375 e. The zero-order valence-corrected chi connectivity index (χ0v) is 7.90. The van der Waals surface area contributed by atoms with Crippen LogP contribution in [-0.2, 0) is 4.79 Å². The highest BCUT2D eigenvalue weighted by Crippen LogP contribution is 2.19. The zero-order valence-electron chi connectivity index (χ0n) is 7.90. The van der Waals surface area contributed by atoms with Gasteiger partial charge in [-0.25, -0.2) is 0 Å². The van der Waals surface area contributed by atoms with Crippen molar-refractivity contribution in [1.29, 1.82) is 0 Å². The second-order valence-electron chi connectivity index (χ2n) is 3.34. The molecule has 0 bridgehead atoms. The molecule has 0 unspecified atom stereocenters. The molecule has 1 rings (SSSR count). The van der Waals surface area contributed by atoms with Crippen LogP contribution in [0.4, 0.5) is 13.2 Å². The summed E-state index contributed by atoms with van der Waals surface area (Å²) in [5.74, 6) is -1.78. The Kier molecular flexibility index (Phi) is 3.18. The van der Waals surface area contributed by atoms with Gasteiger partial charge < -0.3 is 4.90 Å². The average molecular weight is 207 g/mol. The molecule has 0 aromatic carbocycles. The number of carbonyl (C=O) groups is 1. The maximum atomic E-state index is 11.9. The van der Waals surface area contributed by atoms with Gasteiger partial charge in [-0.1, -0.05) is 0 Å². The van der Waals surface area contributed by atoms with Crippen molar-refractivity contribution in [2.45, 2.75) is 25.9 Å². The van der Waals surface area contributed by atoms with E-state index < -0.39 is 12.0 Å². The first-order valence-corrected chi connectivity index (χ1v) is 4.45. The minimum atomic E-state index is -4.75. The highest BCUT2D eigenvalue weighted by atomic mass is 19.4. The molecule has 0 aliphatic carbocycles. The van der Waals surface area contributed by atoms with E-state index in [1.54, 1.807) is 4.90 Å². The quantitative estimate of drug-likeness (QED) is 0.646. The number of alkyl halides is 3. The molecule has 0 atom stereocenters. The summed E-state index contributed by atoms with van der Waals surface area (Å²) in [4.78, 5) is 12.4. The topological polar surface area (TPSA) is 20.3 Å². The number of carbonyl (C=O) groups excluding carboxylic acids is 1. The van der Waals surface area contributed by atoms with Crippen LogP contribution >= 0.6 is 0 Å². The van der Waals surface area contributed by atoms with Gasteiger partial charge in [-0.15, -0.1) is 0 Å². The summed E-state index contributed by atoms with van der Waals surface area (Å²) in [5, 5.41) is 0. The molecule has 2 nitrogen and oxygen atoms in total. The summed E-state index contributed by atoms with van der Waals surface area (Å²) in [7, 11) is 0. The molecule has 0 aromatic rings. The lowest BCUT2D eigenvalue weighted by molar-refractivity contribution is -0.165. The fourth-order valence-corrected chi connectivity index (χ4v) is 1.43. The highest BCUT2D eigenvalue weighted by Gasteiger charge is 2.36. The Morgan fingerprint density at radius 3 is 2.21 bits per heavy atom. The van der Waals surface area contributed by atoms with Gasteiger partial charge in [-0.05, 0) is 19.8 Å². The van der Waals surface area contributed by atoms with Crippen LogP contribution in [0.15, 0.2) is 11.8 Å². The number of ketones is 1. The average Bonchev–Trinajstić information content (AvgIpc) is 2.53. The first-order chi connectivity index (χ1) is 6.41. The summed E-state index contributed by atoms with van der Waals surface area (Å²) in [6.45, 7) is 3.02. The first kappa shape index (κ1) is 11.1. The van der Waals surface area contributed by atoms with Gasteiger partial charge in [0.1, 0.15) is 0 Å². The Morgan fingerprint density at radius 2 is 1.79 bits per heavy atom. The summed E-state index contributed by atoms with van der Waals surface area (Å²) in [6, 6.07) is 0. The monoisotopic (exact) mass is 207 g/mol. The molecule has 1 aliphatic rings. The fourth-order valence-electron chi connectivity index (χ4n) is 1.43. The maximum Gasteiger partial charge on any atom is 0.454 e. The lowest BCUT2D eigenvalue weighted by atomic mass is 10.3. The standard InChI is InChI=1S/C9H12F3NO/c1-7(13-4-2-3-5-13)6-8(14)9(10,11)12/h6H,2-5H2,1H3/b7-6+. The van der Waals surface area contributed by atoms with Crippen LogP contribution in [0.5, 0.6) is 0 Å². The molecule has 0 saturated carbocycles. The van der Waals surface area contributed by atoms with Crippen molar-refractivity contribution >= 4 is 5.78 Å². The zero-order chi connectivity index (χ0) is 10.8. The van der Waals surface area contributed by atoms with E-state index >= 15 is 0 Å². The van der Waals surface area contributed by atoms with Gasteiger partial charge >= 0.3 is 6.18 Å². The predicted octanol–water partition coefficient (Wildman–Crippen LogP) is 2.12. The van der Waals surface area contributed by atoms with Gasteiger partial charge in [0.25, 0.3) is 5.78 Å². The number of rotatable bonds is 2.